The molecule has 1 fully saturated rings. The van der Waals surface area contributed by atoms with Crippen LogP contribution in [0.25, 0.3) is 0 Å². The van der Waals surface area contributed by atoms with Gasteiger partial charge < -0.3 is 30.5 Å². The quantitative estimate of drug-likeness (QED) is 0.557. The molecule has 1 aromatic rings. The highest BCUT2D eigenvalue weighted by Crippen LogP contribution is 2.21. The van der Waals surface area contributed by atoms with Crippen LogP contribution in [0.5, 0.6) is 0 Å². The van der Waals surface area contributed by atoms with Crippen LogP contribution >= 0.6 is 0 Å². The van der Waals surface area contributed by atoms with Crippen LogP contribution < -0.4 is 5.73 Å². The Morgan fingerprint density at radius 3 is 2.47 bits per heavy atom. The molecule has 0 spiro atoms. The van der Waals surface area contributed by atoms with E-state index in [0.717, 1.165) is 5.56 Å². The zero-order chi connectivity index (χ0) is 13.8. The van der Waals surface area contributed by atoms with E-state index < -0.39 is 37.3 Å². The average Bonchev–Trinajstić information content (AvgIpc) is 2.44. The van der Waals surface area contributed by atoms with Gasteiger partial charge in [-0.1, -0.05) is 30.3 Å². The maximum atomic E-state index is 9.94. The van der Waals surface area contributed by atoms with Crippen LogP contribution in [-0.4, -0.2) is 52.6 Å². The van der Waals surface area contributed by atoms with Crippen LogP contribution in [0.4, 0.5) is 0 Å². The van der Waals surface area contributed by atoms with Gasteiger partial charge in [-0.2, -0.15) is 0 Å². The largest absolute Gasteiger partial charge is 0.394 e. The van der Waals surface area contributed by atoms with Crippen LogP contribution in [0.15, 0.2) is 30.3 Å². The molecule has 1 heterocycles. The summed E-state index contributed by atoms with van der Waals surface area (Å²) >= 11 is 0. The Morgan fingerprint density at radius 2 is 1.84 bits per heavy atom. The second-order valence-electron chi connectivity index (χ2n) is 4.56. The highest BCUT2D eigenvalue weighted by atomic mass is 16.6. The normalized spacial score (nSPS) is 35.3. The van der Waals surface area contributed by atoms with Crippen molar-refractivity contribution in [1.82, 2.24) is 0 Å². The molecular formula is C13H19NO5. The second kappa shape index (κ2) is 6.42. The smallest absolute Gasteiger partial charge is 0.135 e. The molecule has 0 aliphatic carbocycles. The van der Waals surface area contributed by atoms with Crippen molar-refractivity contribution in [3.8, 4) is 0 Å². The maximum absolute atomic E-state index is 9.94. The molecule has 1 aliphatic rings. The molecule has 106 valence electrons. The Morgan fingerprint density at radius 1 is 1.16 bits per heavy atom. The van der Waals surface area contributed by atoms with Crippen LogP contribution in [0, 0.1) is 0 Å². The molecule has 5 N–H and O–H groups in total. The molecule has 0 radical (unpaired) electrons. The summed E-state index contributed by atoms with van der Waals surface area (Å²) in [4.78, 5) is 0. The summed E-state index contributed by atoms with van der Waals surface area (Å²) < 4.78 is 10.7. The third-order valence-electron chi connectivity index (χ3n) is 3.19. The van der Waals surface area contributed by atoms with E-state index in [1.165, 1.54) is 0 Å². The first kappa shape index (κ1) is 14.4. The Kier molecular flexibility index (Phi) is 4.87. The molecule has 6 nitrogen and oxygen atoms in total. The summed E-state index contributed by atoms with van der Waals surface area (Å²) in [6, 6.07) is 9.42. The monoisotopic (exact) mass is 269 g/mol. The predicted octanol–water partition coefficient (Wildman–Crippen LogP) is -1.03. The lowest BCUT2D eigenvalue weighted by molar-refractivity contribution is -0.242. The molecule has 0 saturated carbocycles. The molecular weight excluding hydrogens is 250 g/mol. The SMILES string of the molecule is N[C@@H]1O[C@H](CO)[C@@H](O)[C@H](O)[C@H]1OCc1ccccc1. The van der Waals surface area contributed by atoms with Gasteiger partial charge in [0.05, 0.1) is 13.2 Å². The van der Waals surface area contributed by atoms with Gasteiger partial charge in [-0.15, -0.1) is 0 Å². The van der Waals surface area contributed by atoms with Crippen molar-refractivity contribution in [2.24, 2.45) is 5.73 Å². The van der Waals surface area contributed by atoms with Crippen molar-refractivity contribution in [1.29, 1.82) is 0 Å². The van der Waals surface area contributed by atoms with Gasteiger partial charge in [-0.25, -0.2) is 0 Å². The van der Waals surface area contributed by atoms with Crippen LogP contribution in [0.3, 0.4) is 0 Å². The molecule has 0 aromatic heterocycles. The van der Waals surface area contributed by atoms with E-state index in [1.54, 1.807) is 0 Å². The second-order valence-corrected chi connectivity index (χ2v) is 4.56. The van der Waals surface area contributed by atoms with Crippen LogP contribution in [0.1, 0.15) is 5.56 Å². The zero-order valence-corrected chi connectivity index (χ0v) is 10.4. The molecule has 5 atom stereocenters. The number of ether oxygens (including phenoxy) is 2. The zero-order valence-electron chi connectivity index (χ0n) is 10.4. The average molecular weight is 269 g/mol. The first-order valence-corrected chi connectivity index (χ1v) is 6.17. The van der Waals surface area contributed by atoms with E-state index in [9.17, 15) is 10.2 Å². The molecule has 1 saturated heterocycles. The Bertz CT molecular complexity index is 388. The molecule has 1 aromatic carbocycles. The van der Waals surface area contributed by atoms with Crippen molar-refractivity contribution in [3.05, 3.63) is 35.9 Å². The first-order chi connectivity index (χ1) is 9.13. The third-order valence-corrected chi connectivity index (χ3v) is 3.19. The molecule has 0 unspecified atom stereocenters. The van der Waals surface area contributed by atoms with E-state index in [4.69, 9.17) is 20.3 Å². The fourth-order valence-electron chi connectivity index (χ4n) is 2.08. The molecule has 1 aliphatic heterocycles. The Balaban J connectivity index is 1.96. The summed E-state index contributed by atoms with van der Waals surface area (Å²) in [5.41, 5.74) is 6.66. The van der Waals surface area contributed by atoms with E-state index >= 15 is 0 Å². The first-order valence-electron chi connectivity index (χ1n) is 6.17. The van der Waals surface area contributed by atoms with Gasteiger partial charge in [-0.05, 0) is 5.56 Å². The maximum Gasteiger partial charge on any atom is 0.135 e. The fourth-order valence-corrected chi connectivity index (χ4v) is 2.08. The Labute approximate surface area is 111 Å². The predicted molar refractivity (Wildman–Crippen MR) is 67.0 cm³/mol. The number of hydrogen-bond donors (Lipinski definition) is 4. The van der Waals surface area contributed by atoms with Crippen molar-refractivity contribution >= 4 is 0 Å². The lowest BCUT2D eigenvalue weighted by atomic mass is 9.98. The summed E-state index contributed by atoms with van der Waals surface area (Å²) in [7, 11) is 0. The number of aliphatic hydroxyl groups excluding tert-OH is 3. The van der Waals surface area contributed by atoms with Crippen molar-refractivity contribution < 1.29 is 24.8 Å². The topological polar surface area (TPSA) is 105 Å². The lowest BCUT2D eigenvalue weighted by Gasteiger charge is -2.40. The molecule has 6 heteroatoms. The van der Waals surface area contributed by atoms with Crippen LogP contribution in [-0.2, 0) is 16.1 Å². The summed E-state index contributed by atoms with van der Waals surface area (Å²) in [5.74, 6) is 0. The van der Waals surface area contributed by atoms with E-state index in [-0.39, 0.29) is 6.61 Å². The highest BCUT2D eigenvalue weighted by Gasteiger charge is 2.43. The van der Waals surface area contributed by atoms with Gasteiger partial charge in [0.1, 0.15) is 30.6 Å². The standard InChI is InChI=1S/C13H19NO5/c14-13-12(11(17)10(16)9(6-15)19-13)18-7-8-4-2-1-3-5-8/h1-5,9-13,15-17H,6-7,14H2/t9-,10-,11+,12-,13-/m1/s1. The number of aliphatic hydroxyl groups is 3. The van der Waals surface area contributed by atoms with Gasteiger partial charge in [0.15, 0.2) is 0 Å². The van der Waals surface area contributed by atoms with Gasteiger partial charge >= 0.3 is 0 Å². The van der Waals surface area contributed by atoms with Crippen molar-refractivity contribution in [3.63, 3.8) is 0 Å². The van der Waals surface area contributed by atoms with E-state index in [2.05, 4.69) is 0 Å². The Hall–Kier alpha value is -1.02. The summed E-state index contributed by atoms with van der Waals surface area (Å²) in [6.45, 7) is -0.145. The van der Waals surface area contributed by atoms with E-state index in [0.29, 0.717) is 0 Å². The van der Waals surface area contributed by atoms with Crippen molar-refractivity contribution in [2.45, 2.75) is 37.3 Å². The fraction of sp³-hybridized carbons (Fsp3) is 0.538. The van der Waals surface area contributed by atoms with Crippen LogP contribution in [0.2, 0.25) is 0 Å². The number of rotatable bonds is 4. The number of hydrogen-bond acceptors (Lipinski definition) is 6. The van der Waals surface area contributed by atoms with Gasteiger partial charge in [0.25, 0.3) is 0 Å². The third kappa shape index (κ3) is 3.30. The lowest BCUT2D eigenvalue weighted by Crippen LogP contribution is -2.62. The van der Waals surface area contributed by atoms with Gasteiger partial charge in [0, 0.05) is 0 Å². The molecule has 0 bridgehead atoms. The van der Waals surface area contributed by atoms with Gasteiger partial charge in [0.2, 0.25) is 0 Å². The van der Waals surface area contributed by atoms with Gasteiger partial charge in [-0.3, -0.25) is 0 Å². The molecule has 2 rings (SSSR count). The minimum absolute atomic E-state index is 0.260. The number of nitrogens with two attached hydrogens (primary N) is 1. The molecule has 0 amide bonds. The summed E-state index contributed by atoms with van der Waals surface area (Å²) in [6.07, 6.45) is -5.02. The number of benzene rings is 1. The highest BCUT2D eigenvalue weighted by molar-refractivity contribution is 5.13. The van der Waals surface area contributed by atoms with E-state index in [1.807, 2.05) is 30.3 Å². The summed E-state index contributed by atoms with van der Waals surface area (Å²) in [5, 5.41) is 28.7. The minimum Gasteiger partial charge on any atom is -0.394 e. The molecule has 19 heavy (non-hydrogen) atoms. The van der Waals surface area contributed by atoms with Crippen molar-refractivity contribution in [2.75, 3.05) is 6.61 Å². The minimum atomic E-state index is -1.22.